The zero-order valence-electron chi connectivity index (χ0n) is 8.19. The van der Waals surface area contributed by atoms with Gasteiger partial charge in [-0.1, -0.05) is 12.1 Å². The van der Waals surface area contributed by atoms with E-state index in [-0.39, 0.29) is 11.7 Å². The van der Waals surface area contributed by atoms with Gasteiger partial charge in [-0.25, -0.2) is 4.79 Å². The Morgan fingerprint density at radius 1 is 1.47 bits per heavy atom. The SMILES string of the molecule is CC1Cc2ccc(C(=O)C(=O)O)cc2O1. The molecule has 0 fully saturated rings. The van der Waals surface area contributed by atoms with E-state index in [4.69, 9.17) is 9.84 Å². The second-order valence-corrected chi connectivity index (χ2v) is 3.59. The van der Waals surface area contributed by atoms with Gasteiger partial charge >= 0.3 is 5.97 Å². The minimum Gasteiger partial charge on any atom is -0.490 e. The van der Waals surface area contributed by atoms with E-state index < -0.39 is 11.8 Å². The molecule has 4 nitrogen and oxygen atoms in total. The normalized spacial score (nSPS) is 18.1. The number of carboxylic acids is 1. The van der Waals surface area contributed by atoms with Crippen LogP contribution >= 0.6 is 0 Å². The van der Waals surface area contributed by atoms with Gasteiger partial charge in [0.05, 0.1) is 0 Å². The van der Waals surface area contributed by atoms with Crippen molar-refractivity contribution in [1.29, 1.82) is 0 Å². The molecule has 0 radical (unpaired) electrons. The molecule has 0 aliphatic carbocycles. The lowest BCUT2D eigenvalue weighted by Gasteiger charge is -2.03. The predicted octanol–water partition coefficient (Wildman–Crippen LogP) is 1.28. The molecule has 2 rings (SSSR count). The van der Waals surface area contributed by atoms with Crippen LogP contribution in [0.2, 0.25) is 0 Å². The van der Waals surface area contributed by atoms with Crippen LogP contribution in [0.3, 0.4) is 0 Å². The summed E-state index contributed by atoms with van der Waals surface area (Å²) in [5, 5.41) is 8.55. The number of hydrogen-bond acceptors (Lipinski definition) is 3. The maximum Gasteiger partial charge on any atom is 0.377 e. The Bertz CT molecular complexity index is 436. The van der Waals surface area contributed by atoms with Crippen LogP contribution in [0.5, 0.6) is 5.75 Å². The minimum absolute atomic E-state index is 0.0928. The quantitative estimate of drug-likeness (QED) is 0.584. The number of ketones is 1. The molecule has 78 valence electrons. The van der Waals surface area contributed by atoms with Gasteiger partial charge in [-0.15, -0.1) is 0 Å². The van der Waals surface area contributed by atoms with E-state index in [0.717, 1.165) is 12.0 Å². The molecule has 15 heavy (non-hydrogen) atoms. The van der Waals surface area contributed by atoms with Crippen molar-refractivity contribution in [3.63, 3.8) is 0 Å². The van der Waals surface area contributed by atoms with E-state index >= 15 is 0 Å². The van der Waals surface area contributed by atoms with Crippen molar-refractivity contribution < 1.29 is 19.4 Å². The second kappa shape index (κ2) is 3.38. The predicted molar refractivity (Wildman–Crippen MR) is 52.2 cm³/mol. The average molecular weight is 206 g/mol. The van der Waals surface area contributed by atoms with Crippen LogP contribution < -0.4 is 4.74 Å². The summed E-state index contributed by atoms with van der Waals surface area (Å²) in [6, 6.07) is 4.76. The second-order valence-electron chi connectivity index (χ2n) is 3.59. The van der Waals surface area contributed by atoms with E-state index in [1.54, 1.807) is 6.07 Å². The third-order valence-electron chi connectivity index (χ3n) is 2.36. The Hall–Kier alpha value is -1.84. The number of ether oxygens (including phenoxy) is 1. The molecule has 0 saturated carbocycles. The summed E-state index contributed by atoms with van der Waals surface area (Å²) in [6.45, 7) is 1.93. The first-order chi connectivity index (χ1) is 7.08. The monoisotopic (exact) mass is 206 g/mol. The number of fused-ring (bicyclic) bond motifs is 1. The first-order valence-electron chi connectivity index (χ1n) is 4.65. The van der Waals surface area contributed by atoms with Crippen LogP contribution in [0.25, 0.3) is 0 Å². The van der Waals surface area contributed by atoms with Crippen molar-refractivity contribution >= 4 is 11.8 Å². The molecular formula is C11H10O4. The third kappa shape index (κ3) is 1.70. The highest BCUT2D eigenvalue weighted by Gasteiger charge is 2.22. The van der Waals surface area contributed by atoms with Crippen LogP contribution in [-0.4, -0.2) is 23.0 Å². The fourth-order valence-electron chi connectivity index (χ4n) is 1.67. The van der Waals surface area contributed by atoms with Gasteiger partial charge in [-0.05, 0) is 18.6 Å². The van der Waals surface area contributed by atoms with Crippen LogP contribution in [-0.2, 0) is 11.2 Å². The topological polar surface area (TPSA) is 63.6 Å². The molecule has 1 aromatic rings. The first kappa shape index (κ1) is 9.71. The Labute approximate surface area is 86.5 Å². The number of carboxylic acid groups (broad SMARTS) is 1. The van der Waals surface area contributed by atoms with Crippen LogP contribution in [0.1, 0.15) is 22.8 Å². The molecule has 1 unspecified atom stereocenters. The number of hydrogen-bond donors (Lipinski definition) is 1. The molecule has 0 aromatic heterocycles. The van der Waals surface area contributed by atoms with Crippen molar-refractivity contribution in [1.82, 2.24) is 0 Å². The molecule has 1 aromatic carbocycles. The Kier molecular flexibility index (Phi) is 2.19. The lowest BCUT2D eigenvalue weighted by molar-refractivity contribution is -0.131. The smallest absolute Gasteiger partial charge is 0.377 e. The lowest BCUT2D eigenvalue weighted by atomic mass is 10.1. The molecule has 1 N–H and O–H groups in total. The van der Waals surface area contributed by atoms with Gasteiger partial charge in [0.15, 0.2) is 0 Å². The average Bonchev–Trinajstić information content (AvgIpc) is 2.55. The van der Waals surface area contributed by atoms with Gasteiger partial charge in [0.2, 0.25) is 0 Å². The van der Waals surface area contributed by atoms with E-state index in [0.29, 0.717) is 5.75 Å². The van der Waals surface area contributed by atoms with E-state index in [1.807, 2.05) is 6.92 Å². The number of rotatable bonds is 2. The first-order valence-corrected chi connectivity index (χ1v) is 4.65. The molecule has 1 aliphatic heterocycles. The van der Waals surface area contributed by atoms with E-state index in [9.17, 15) is 9.59 Å². The number of benzene rings is 1. The van der Waals surface area contributed by atoms with Crippen LogP contribution in [0.15, 0.2) is 18.2 Å². The molecule has 1 aliphatic rings. The standard InChI is InChI=1S/C11H10O4/c1-6-4-7-2-3-8(5-9(7)15-6)10(12)11(13)14/h2-3,5-6H,4H2,1H3,(H,13,14). The van der Waals surface area contributed by atoms with Crippen molar-refractivity contribution in [2.75, 3.05) is 0 Å². The highest BCUT2D eigenvalue weighted by Crippen LogP contribution is 2.29. The van der Waals surface area contributed by atoms with Gasteiger partial charge < -0.3 is 9.84 Å². The number of carbonyl (C=O) groups excluding carboxylic acids is 1. The molecular weight excluding hydrogens is 196 g/mol. The summed E-state index contributed by atoms with van der Waals surface area (Å²) >= 11 is 0. The molecule has 0 amide bonds. The summed E-state index contributed by atoms with van der Waals surface area (Å²) in [6.07, 6.45) is 0.895. The van der Waals surface area contributed by atoms with Crippen molar-refractivity contribution in [3.8, 4) is 5.75 Å². The molecule has 4 heteroatoms. The number of Topliss-reactive ketones (excluding diaryl/α,β-unsaturated/α-hetero) is 1. The zero-order chi connectivity index (χ0) is 11.0. The van der Waals surface area contributed by atoms with Crippen molar-refractivity contribution in [3.05, 3.63) is 29.3 Å². The van der Waals surface area contributed by atoms with E-state index in [1.165, 1.54) is 12.1 Å². The summed E-state index contributed by atoms with van der Waals surface area (Å²) in [5.74, 6) is -1.73. The summed E-state index contributed by atoms with van der Waals surface area (Å²) < 4.78 is 5.43. The van der Waals surface area contributed by atoms with Gasteiger partial charge in [0.1, 0.15) is 11.9 Å². The Morgan fingerprint density at radius 2 is 2.20 bits per heavy atom. The summed E-state index contributed by atoms with van der Waals surface area (Å²) in [5.41, 5.74) is 1.18. The molecule has 1 heterocycles. The fourth-order valence-corrected chi connectivity index (χ4v) is 1.67. The molecule has 0 bridgehead atoms. The van der Waals surface area contributed by atoms with Crippen molar-refractivity contribution in [2.45, 2.75) is 19.4 Å². The van der Waals surface area contributed by atoms with Crippen LogP contribution in [0, 0.1) is 0 Å². The van der Waals surface area contributed by atoms with E-state index in [2.05, 4.69) is 0 Å². The Morgan fingerprint density at radius 3 is 2.87 bits per heavy atom. The molecule has 0 saturated heterocycles. The van der Waals surface area contributed by atoms with Gasteiger partial charge in [0, 0.05) is 12.0 Å². The minimum atomic E-state index is -1.44. The maximum absolute atomic E-state index is 11.2. The van der Waals surface area contributed by atoms with Crippen molar-refractivity contribution in [2.24, 2.45) is 0 Å². The molecule has 1 atom stereocenters. The zero-order valence-corrected chi connectivity index (χ0v) is 8.19. The fraction of sp³-hybridized carbons (Fsp3) is 0.273. The molecule has 0 spiro atoms. The van der Waals surface area contributed by atoms with Gasteiger partial charge in [-0.3, -0.25) is 4.79 Å². The highest BCUT2D eigenvalue weighted by atomic mass is 16.5. The number of carbonyl (C=O) groups is 2. The third-order valence-corrected chi connectivity index (χ3v) is 2.36. The lowest BCUT2D eigenvalue weighted by Crippen LogP contribution is -2.12. The summed E-state index contributed by atoms with van der Waals surface area (Å²) in [4.78, 5) is 21.6. The van der Waals surface area contributed by atoms with Gasteiger partial charge in [0.25, 0.3) is 5.78 Å². The summed E-state index contributed by atoms with van der Waals surface area (Å²) in [7, 11) is 0. The van der Waals surface area contributed by atoms with Gasteiger partial charge in [-0.2, -0.15) is 0 Å². The number of aliphatic carboxylic acids is 1. The maximum atomic E-state index is 11.2. The highest BCUT2D eigenvalue weighted by molar-refractivity contribution is 6.39. The largest absolute Gasteiger partial charge is 0.490 e. The van der Waals surface area contributed by atoms with Crippen LogP contribution in [0.4, 0.5) is 0 Å². The Balaban J connectivity index is 2.35.